The second-order valence-corrected chi connectivity index (χ2v) is 7.50. The lowest BCUT2D eigenvalue weighted by Gasteiger charge is -2.14. The number of nitrogens with two attached hydrogens (primary N) is 1. The van der Waals surface area contributed by atoms with Gasteiger partial charge in [-0.25, -0.2) is 4.79 Å². The molecule has 3 aromatic carbocycles. The van der Waals surface area contributed by atoms with Crippen LogP contribution in [-0.2, 0) is 4.74 Å². The number of hydrogen-bond donors (Lipinski definition) is 2. The zero-order valence-corrected chi connectivity index (χ0v) is 17.2. The van der Waals surface area contributed by atoms with Crippen LogP contribution >= 0.6 is 12.2 Å². The second kappa shape index (κ2) is 8.93. The van der Waals surface area contributed by atoms with E-state index >= 15 is 0 Å². The van der Waals surface area contributed by atoms with Crippen LogP contribution in [-0.4, -0.2) is 24.2 Å². The van der Waals surface area contributed by atoms with E-state index in [2.05, 4.69) is 29.6 Å². The van der Waals surface area contributed by atoms with Gasteiger partial charge in [0.25, 0.3) is 0 Å². The first-order valence-corrected chi connectivity index (χ1v) is 10.2. The zero-order valence-electron chi connectivity index (χ0n) is 16.4. The molecule has 0 aromatic heterocycles. The lowest BCUT2D eigenvalue weighted by molar-refractivity contribution is 0.144. The van der Waals surface area contributed by atoms with Crippen LogP contribution < -0.4 is 11.1 Å². The fourth-order valence-electron chi connectivity index (χ4n) is 3.84. The van der Waals surface area contributed by atoms with Gasteiger partial charge in [0.2, 0.25) is 0 Å². The Morgan fingerprint density at radius 2 is 1.57 bits per heavy atom. The van der Waals surface area contributed by atoms with Crippen LogP contribution in [0.25, 0.3) is 17.2 Å². The van der Waals surface area contributed by atoms with Crippen molar-refractivity contribution < 1.29 is 9.53 Å². The highest BCUT2D eigenvalue weighted by molar-refractivity contribution is 7.80. The number of alkyl carbamates (subject to hydrolysis) is 1. The number of thiocarbonyl (C=S) groups is 1. The number of carbonyl (C=O) groups excluding carboxylic acids is 1. The Morgan fingerprint density at radius 3 is 2.23 bits per heavy atom. The summed E-state index contributed by atoms with van der Waals surface area (Å²) in [5.41, 5.74) is 12.3. The van der Waals surface area contributed by atoms with Gasteiger partial charge >= 0.3 is 6.09 Å². The van der Waals surface area contributed by atoms with Gasteiger partial charge in [0, 0.05) is 18.0 Å². The largest absolute Gasteiger partial charge is 0.449 e. The minimum atomic E-state index is -0.441. The number of carbonyl (C=O) groups is 1. The van der Waals surface area contributed by atoms with Gasteiger partial charge in [0.05, 0.1) is 0 Å². The predicted octanol–water partition coefficient (Wildman–Crippen LogP) is 4.87. The molecule has 0 radical (unpaired) electrons. The van der Waals surface area contributed by atoms with Crippen molar-refractivity contribution in [1.29, 1.82) is 0 Å². The molecular weight excluding hydrogens is 392 g/mol. The highest BCUT2D eigenvalue weighted by Gasteiger charge is 2.28. The molecule has 0 bridgehead atoms. The van der Waals surface area contributed by atoms with E-state index in [-0.39, 0.29) is 5.92 Å². The van der Waals surface area contributed by atoms with Crippen LogP contribution in [0.15, 0.2) is 78.9 Å². The summed E-state index contributed by atoms with van der Waals surface area (Å²) in [6, 6.07) is 24.2. The summed E-state index contributed by atoms with van der Waals surface area (Å²) in [5.74, 6) is 0.0520. The zero-order chi connectivity index (χ0) is 20.9. The Kier molecular flexibility index (Phi) is 5.91. The third-order valence-corrected chi connectivity index (χ3v) is 5.45. The highest BCUT2D eigenvalue weighted by atomic mass is 32.1. The van der Waals surface area contributed by atoms with Crippen LogP contribution in [0, 0.1) is 0 Å². The van der Waals surface area contributed by atoms with Crippen molar-refractivity contribution in [2.45, 2.75) is 5.92 Å². The first-order chi connectivity index (χ1) is 14.6. The summed E-state index contributed by atoms with van der Waals surface area (Å²) < 4.78 is 5.53. The third kappa shape index (κ3) is 4.11. The van der Waals surface area contributed by atoms with Gasteiger partial charge in [-0.2, -0.15) is 0 Å². The van der Waals surface area contributed by atoms with Gasteiger partial charge in [-0.15, -0.1) is 0 Å². The van der Waals surface area contributed by atoms with Crippen molar-refractivity contribution in [1.82, 2.24) is 5.32 Å². The molecule has 4 nitrogen and oxygen atoms in total. The number of benzene rings is 3. The maximum absolute atomic E-state index is 12.2. The minimum absolute atomic E-state index is 0.0520. The summed E-state index contributed by atoms with van der Waals surface area (Å²) in [6.45, 7) is 0.649. The van der Waals surface area contributed by atoms with E-state index in [1.165, 1.54) is 22.3 Å². The molecule has 0 saturated heterocycles. The Hall–Kier alpha value is -3.44. The number of amides is 1. The first kappa shape index (κ1) is 19.9. The summed E-state index contributed by atoms with van der Waals surface area (Å²) >= 11 is 5.07. The maximum Gasteiger partial charge on any atom is 0.407 e. The molecule has 5 heteroatoms. The van der Waals surface area contributed by atoms with Crippen molar-refractivity contribution in [3.63, 3.8) is 0 Å². The fraction of sp³-hybridized carbons (Fsp3) is 0.120. The van der Waals surface area contributed by atoms with Gasteiger partial charge in [-0.1, -0.05) is 97.2 Å². The normalized spacial score (nSPS) is 12.4. The maximum atomic E-state index is 12.2. The Labute approximate surface area is 181 Å². The summed E-state index contributed by atoms with van der Waals surface area (Å²) in [4.78, 5) is 12.5. The topological polar surface area (TPSA) is 64.3 Å². The van der Waals surface area contributed by atoms with E-state index in [4.69, 9.17) is 22.7 Å². The smallest absolute Gasteiger partial charge is 0.407 e. The molecule has 0 heterocycles. The molecule has 0 aliphatic heterocycles. The van der Waals surface area contributed by atoms with Gasteiger partial charge in [0.15, 0.2) is 0 Å². The Bertz CT molecular complexity index is 1080. The van der Waals surface area contributed by atoms with Crippen LogP contribution in [0.2, 0.25) is 0 Å². The van der Waals surface area contributed by atoms with Gasteiger partial charge in [-0.05, 0) is 27.8 Å². The number of ether oxygens (including phenoxy) is 1. The van der Waals surface area contributed by atoms with Crippen LogP contribution in [0.5, 0.6) is 0 Å². The standard InChI is InChI=1S/C25H22N2O2S/c26-24(30)18-10-2-1-8-17(18)9-7-15-27-25(28)29-16-23-21-13-5-3-11-19(21)20-12-4-6-14-22(20)23/h1-14,23H,15-16H2,(H2,26,30)(H,27,28). The Balaban J connectivity index is 1.34. The van der Waals surface area contributed by atoms with Crippen molar-refractivity contribution >= 4 is 29.4 Å². The molecule has 30 heavy (non-hydrogen) atoms. The third-order valence-electron chi connectivity index (χ3n) is 5.23. The molecule has 3 aromatic rings. The van der Waals surface area contributed by atoms with E-state index < -0.39 is 6.09 Å². The van der Waals surface area contributed by atoms with Crippen molar-refractivity contribution in [3.8, 4) is 11.1 Å². The first-order valence-electron chi connectivity index (χ1n) is 9.79. The molecule has 0 saturated carbocycles. The molecule has 0 atom stereocenters. The minimum Gasteiger partial charge on any atom is -0.449 e. The number of rotatable bonds is 6. The molecule has 1 aliphatic rings. The summed E-state index contributed by atoms with van der Waals surface area (Å²) in [7, 11) is 0. The molecular formula is C25H22N2O2S. The molecule has 1 amide bonds. The van der Waals surface area contributed by atoms with E-state index in [0.717, 1.165) is 11.1 Å². The second-order valence-electron chi connectivity index (χ2n) is 7.06. The van der Waals surface area contributed by atoms with Crippen molar-refractivity contribution in [2.24, 2.45) is 5.73 Å². The Morgan fingerprint density at radius 1 is 0.967 bits per heavy atom. The van der Waals surface area contributed by atoms with E-state index in [9.17, 15) is 4.79 Å². The summed E-state index contributed by atoms with van der Waals surface area (Å²) in [5, 5.41) is 2.76. The molecule has 3 N–H and O–H groups in total. The molecule has 4 rings (SSSR count). The van der Waals surface area contributed by atoms with E-state index in [0.29, 0.717) is 18.1 Å². The van der Waals surface area contributed by atoms with Crippen LogP contribution in [0.4, 0.5) is 4.79 Å². The molecule has 1 aliphatic carbocycles. The van der Waals surface area contributed by atoms with Crippen molar-refractivity contribution in [3.05, 3.63) is 101 Å². The van der Waals surface area contributed by atoms with Gasteiger partial charge in [-0.3, -0.25) is 0 Å². The van der Waals surface area contributed by atoms with Crippen molar-refractivity contribution in [2.75, 3.05) is 13.2 Å². The van der Waals surface area contributed by atoms with Gasteiger partial charge < -0.3 is 15.8 Å². The van der Waals surface area contributed by atoms with Crippen LogP contribution in [0.1, 0.15) is 28.2 Å². The van der Waals surface area contributed by atoms with E-state index in [1.807, 2.05) is 60.7 Å². The molecule has 150 valence electrons. The quantitative estimate of drug-likeness (QED) is 0.565. The lowest BCUT2D eigenvalue weighted by Crippen LogP contribution is -2.26. The lowest BCUT2D eigenvalue weighted by atomic mass is 9.98. The monoisotopic (exact) mass is 414 g/mol. The highest BCUT2D eigenvalue weighted by Crippen LogP contribution is 2.44. The molecule has 0 unspecified atom stereocenters. The molecule has 0 spiro atoms. The number of nitrogens with one attached hydrogen (secondary N) is 1. The van der Waals surface area contributed by atoms with Gasteiger partial charge in [0.1, 0.15) is 11.6 Å². The number of hydrogen-bond acceptors (Lipinski definition) is 3. The number of fused-ring (bicyclic) bond motifs is 3. The van der Waals surface area contributed by atoms with Crippen LogP contribution in [0.3, 0.4) is 0 Å². The average Bonchev–Trinajstić information content (AvgIpc) is 3.09. The fourth-order valence-corrected chi connectivity index (χ4v) is 4.03. The molecule has 0 fully saturated rings. The average molecular weight is 415 g/mol. The summed E-state index contributed by atoms with van der Waals surface area (Å²) in [6.07, 6.45) is 3.29. The SMILES string of the molecule is NC(=S)c1ccccc1C=CCNC(=O)OCC1c2ccccc2-c2ccccc21. The predicted molar refractivity (Wildman–Crippen MR) is 124 cm³/mol. The van der Waals surface area contributed by atoms with E-state index in [1.54, 1.807) is 0 Å².